The molecule has 2 aromatic carbocycles. The van der Waals surface area contributed by atoms with Crippen LogP contribution in [0.1, 0.15) is 16.1 Å². The van der Waals surface area contributed by atoms with E-state index in [0.29, 0.717) is 27.9 Å². The van der Waals surface area contributed by atoms with Crippen molar-refractivity contribution in [2.45, 2.75) is 6.92 Å². The van der Waals surface area contributed by atoms with Gasteiger partial charge in [0.25, 0.3) is 5.91 Å². The molecule has 2 heterocycles. The third kappa shape index (κ3) is 3.46. The lowest BCUT2D eigenvalue weighted by molar-refractivity contribution is 0.102. The summed E-state index contributed by atoms with van der Waals surface area (Å²) in [6.45, 7) is 2.02. The van der Waals surface area contributed by atoms with Gasteiger partial charge in [0.2, 0.25) is 0 Å². The van der Waals surface area contributed by atoms with Crippen LogP contribution in [-0.2, 0) is 0 Å². The number of amides is 1. The Labute approximate surface area is 177 Å². The standard InChI is InChI=1S/C22H21N3O4S/c1-12-20(13-7-5-6-8-15(13)23-12)16-11-30-22(24-16)25-21(26)14-9-18(28-3)19(29-4)10-17(14)27-2/h5-11,23H,1-4H3,(H,24,25,26). The van der Waals surface area contributed by atoms with Crippen LogP contribution in [0.15, 0.2) is 41.8 Å². The zero-order chi connectivity index (χ0) is 21.3. The number of thiazole rings is 1. The number of ether oxygens (including phenoxy) is 3. The monoisotopic (exact) mass is 423 g/mol. The summed E-state index contributed by atoms with van der Waals surface area (Å²) in [6, 6.07) is 11.3. The van der Waals surface area contributed by atoms with E-state index in [9.17, 15) is 4.79 Å². The fraction of sp³-hybridized carbons (Fsp3) is 0.182. The Morgan fingerprint density at radius 2 is 1.73 bits per heavy atom. The molecular formula is C22H21N3O4S. The zero-order valence-electron chi connectivity index (χ0n) is 17.0. The van der Waals surface area contributed by atoms with Crippen molar-refractivity contribution in [2.24, 2.45) is 0 Å². The number of nitrogens with one attached hydrogen (secondary N) is 2. The molecule has 154 valence electrons. The molecule has 0 aliphatic carbocycles. The summed E-state index contributed by atoms with van der Waals surface area (Å²) in [7, 11) is 4.54. The van der Waals surface area contributed by atoms with Gasteiger partial charge in [-0.25, -0.2) is 4.98 Å². The number of carbonyl (C=O) groups is 1. The van der Waals surface area contributed by atoms with E-state index in [4.69, 9.17) is 14.2 Å². The minimum atomic E-state index is -0.343. The number of carbonyl (C=O) groups excluding carboxylic acids is 1. The summed E-state index contributed by atoms with van der Waals surface area (Å²) < 4.78 is 15.9. The first kappa shape index (κ1) is 19.8. The molecule has 0 aliphatic rings. The zero-order valence-corrected chi connectivity index (χ0v) is 17.8. The van der Waals surface area contributed by atoms with Crippen molar-refractivity contribution in [3.8, 4) is 28.5 Å². The topological polar surface area (TPSA) is 85.5 Å². The summed E-state index contributed by atoms with van der Waals surface area (Å²) in [5, 5.41) is 6.38. The molecule has 0 saturated heterocycles. The Bertz CT molecular complexity index is 1230. The largest absolute Gasteiger partial charge is 0.496 e. The average molecular weight is 423 g/mol. The van der Waals surface area contributed by atoms with Gasteiger partial charge < -0.3 is 19.2 Å². The molecule has 0 saturated carbocycles. The number of H-pyrrole nitrogens is 1. The van der Waals surface area contributed by atoms with E-state index in [0.717, 1.165) is 27.9 Å². The Morgan fingerprint density at radius 3 is 2.47 bits per heavy atom. The molecule has 0 bridgehead atoms. The molecule has 30 heavy (non-hydrogen) atoms. The molecule has 4 rings (SSSR count). The molecule has 0 atom stereocenters. The molecule has 4 aromatic rings. The lowest BCUT2D eigenvalue weighted by Gasteiger charge is -2.13. The van der Waals surface area contributed by atoms with Crippen LogP contribution in [0.2, 0.25) is 0 Å². The number of hydrogen-bond acceptors (Lipinski definition) is 6. The SMILES string of the molecule is COc1cc(OC)c(C(=O)Nc2nc(-c3c(C)[nH]c4ccccc34)cs2)cc1OC. The minimum Gasteiger partial charge on any atom is -0.496 e. The lowest BCUT2D eigenvalue weighted by atomic mass is 10.1. The van der Waals surface area contributed by atoms with Gasteiger partial charge in [0.1, 0.15) is 5.75 Å². The van der Waals surface area contributed by atoms with E-state index < -0.39 is 0 Å². The van der Waals surface area contributed by atoms with Gasteiger partial charge in [0.15, 0.2) is 16.6 Å². The highest BCUT2D eigenvalue weighted by atomic mass is 32.1. The number of anilines is 1. The number of nitrogens with zero attached hydrogens (tertiary/aromatic N) is 1. The molecule has 0 radical (unpaired) electrons. The van der Waals surface area contributed by atoms with Crippen LogP contribution in [0.3, 0.4) is 0 Å². The van der Waals surface area contributed by atoms with E-state index >= 15 is 0 Å². The summed E-state index contributed by atoms with van der Waals surface area (Å²) >= 11 is 1.37. The van der Waals surface area contributed by atoms with Gasteiger partial charge in [-0.05, 0) is 13.0 Å². The Morgan fingerprint density at radius 1 is 1.03 bits per heavy atom. The second-order valence-electron chi connectivity index (χ2n) is 6.57. The number of benzene rings is 2. The van der Waals surface area contributed by atoms with Crippen molar-refractivity contribution >= 4 is 33.3 Å². The average Bonchev–Trinajstić information content (AvgIpc) is 3.35. The predicted molar refractivity (Wildman–Crippen MR) is 118 cm³/mol. The third-order valence-corrected chi connectivity index (χ3v) is 5.58. The normalized spacial score (nSPS) is 10.8. The van der Waals surface area contributed by atoms with Gasteiger partial charge >= 0.3 is 0 Å². The van der Waals surface area contributed by atoms with Crippen molar-refractivity contribution in [1.29, 1.82) is 0 Å². The summed E-state index contributed by atoms with van der Waals surface area (Å²) in [4.78, 5) is 20.9. The molecule has 1 amide bonds. The van der Waals surface area contributed by atoms with E-state index in [1.807, 2.05) is 30.5 Å². The summed E-state index contributed by atoms with van der Waals surface area (Å²) in [5.74, 6) is 0.966. The van der Waals surface area contributed by atoms with E-state index in [1.165, 1.54) is 32.7 Å². The Kier molecular flexibility index (Phi) is 5.33. The molecule has 2 aromatic heterocycles. The van der Waals surface area contributed by atoms with Gasteiger partial charge in [-0.2, -0.15) is 0 Å². The van der Waals surface area contributed by atoms with Crippen molar-refractivity contribution < 1.29 is 19.0 Å². The number of hydrogen-bond donors (Lipinski definition) is 2. The number of fused-ring (bicyclic) bond motifs is 1. The van der Waals surface area contributed by atoms with Gasteiger partial charge in [-0.1, -0.05) is 18.2 Å². The highest BCUT2D eigenvalue weighted by Gasteiger charge is 2.20. The molecule has 0 spiro atoms. The first-order valence-electron chi connectivity index (χ1n) is 9.20. The van der Waals surface area contributed by atoms with E-state index in [2.05, 4.69) is 21.4 Å². The smallest absolute Gasteiger partial charge is 0.261 e. The summed E-state index contributed by atoms with van der Waals surface area (Å²) in [5.41, 5.74) is 4.25. The van der Waals surface area contributed by atoms with Crippen molar-refractivity contribution in [3.63, 3.8) is 0 Å². The van der Waals surface area contributed by atoms with Gasteiger partial charge in [0.05, 0.1) is 32.6 Å². The van der Waals surface area contributed by atoms with E-state index in [1.54, 1.807) is 12.1 Å². The Hall–Kier alpha value is -3.52. The maximum absolute atomic E-state index is 12.9. The second-order valence-corrected chi connectivity index (χ2v) is 7.43. The minimum absolute atomic E-state index is 0.329. The van der Waals surface area contributed by atoms with Crippen molar-refractivity contribution in [3.05, 3.63) is 53.0 Å². The van der Waals surface area contributed by atoms with Crippen LogP contribution in [0.5, 0.6) is 17.2 Å². The molecule has 7 nitrogen and oxygen atoms in total. The highest BCUT2D eigenvalue weighted by Crippen LogP contribution is 2.36. The highest BCUT2D eigenvalue weighted by molar-refractivity contribution is 7.14. The maximum Gasteiger partial charge on any atom is 0.261 e. The summed E-state index contributed by atoms with van der Waals surface area (Å²) in [6.07, 6.45) is 0. The quantitative estimate of drug-likeness (QED) is 0.462. The third-order valence-electron chi connectivity index (χ3n) is 4.82. The maximum atomic E-state index is 12.9. The Balaban J connectivity index is 1.64. The van der Waals surface area contributed by atoms with Crippen LogP contribution in [0.25, 0.3) is 22.2 Å². The molecule has 8 heteroatoms. The lowest BCUT2D eigenvalue weighted by Crippen LogP contribution is -2.13. The number of aryl methyl sites for hydroxylation is 1. The van der Waals surface area contributed by atoms with E-state index in [-0.39, 0.29) is 5.91 Å². The van der Waals surface area contributed by atoms with Crippen LogP contribution in [-0.4, -0.2) is 37.2 Å². The van der Waals surface area contributed by atoms with Crippen molar-refractivity contribution in [1.82, 2.24) is 9.97 Å². The molecule has 0 aliphatic heterocycles. The second kappa shape index (κ2) is 8.08. The molecule has 0 fully saturated rings. The first-order chi connectivity index (χ1) is 14.5. The number of methoxy groups -OCH3 is 3. The number of aromatic nitrogens is 2. The number of rotatable bonds is 6. The fourth-order valence-electron chi connectivity index (χ4n) is 3.42. The fourth-order valence-corrected chi connectivity index (χ4v) is 4.12. The predicted octanol–water partition coefficient (Wildman–Crippen LogP) is 4.88. The molecule has 2 N–H and O–H groups in total. The first-order valence-corrected chi connectivity index (χ1v) is 10.1. The number of para-hydroxylation sites is 1. The molecule has 0 unspecified atom stereocenters. The van der Waals surface area contributed by atoms with Crippen LogP contribution >= 0.6 is 11.3 Å². The van der Waals surface area contributed by atoms with Crippen LogP contribution in [0.4, 0.5) is 5.13 Å². The number of aromatic amines is 1. The van der Waals surface area contributed by atoms with Crippen LogP contribution < -0.4 is 19.5 Å². The van der Waals surface area contributed by atoms with Gasteiger partial charge in [-0.15, -0.1) is 11.3 Å². The molecular weight excluding hydrogens is 402 g/mol. The van der Waals surface area contributed by atoms with Crippen molar-refractivity contribution in [2.75, 3.05) is 26.6 Å². The van der Waals surface area contributed by atoms with Crippen LogP contribution in [0, 0.1) is 6.92 Å². The van der Waals surface area contributed by atoms with Gasteiger partial charge in [0, 0.05) is 39.7 Å². The van der Waals surface area contributed by atoms with Gasteiger partial charge in [-0.3, -0.25) is 10.1 Å².